The number of allylic oxidation sites excluding steroid dienone is 4. The topological polar surface area (TPSA) is 17.8 Å². The minimum Gasteiger partial charge on any atom is -0.257 e. The van der Waals surface area contributed by atoms with Crippen molar-refractivity contribution in [3.8, 4) is 0 Å². The maximum Gasteiger partial charge on any atom is 0.118 e. The van der Waals surface area contributed by atoms with E-state index in [1.54, 1.807) is 12.2 Å². The molecule has 0 radical (unpaired) electrons. The van der Waals surface area contributed by atoms with Gasteiger partial charge in [-0.25, -0.2) is 4.39 Å². The van der Waals surface area contributed by atoms with E-state index in [2.05, 4.69) is 23.4 Å². The minimum atomic E-state index is -0.129. The zero-order valence-electron chi connectivity index (χ0n) is 16.1. The second-order valence-electron chi connectivity index (χ2n) is 7.73. The monoisotopic (exact) mass is 396 g/mol. The second kappa shape index (κ2) is 8.48. The molecule has 28 heavy (non-hydrogen) atoms. The Morgan fingerprint density at radius 2 is 1.89 bits per heavy atom. The first-order valence-corrected chi connectivity index (χ1v) is 10.6. The molecule has 0 amide bonds. The summed E-state index contributed by atoms with van der Waals surface area (Å²) in [6, 6.07) is 8.45. The number of nitrogens with zero attached hydrogens (tertiary/aromatic N) is 2. The van der Waals surface area contributed by atoms with Crippen LogP contribution in [0.15, 0.2) is 54.9 Å². The van der Waals surface area contributed by atoms with Crippen molar-refractivity contribution in [2.24, 2.45) is 5.92 Å². The summed E-state index contributed by atoms with van der Waals surface area (Å²) in [5.74, 6) is 0.192. The van der Waals surface area contributed by atoms with Crippen LogP contribution < -0.4 is 0 Å². The molecule has 0 bridgehead atoms. The van der Waals surface area contributed by atoms with E-state index in [-0.39, 0.29) is 5.83 Å². The highest BCUT2D eigenvalue weighted by atomic mass is 35.5. The lowest BCUT2D eigenvalue weighted by Crippen LogP contribution is -2.06. The summed E-state index contributed by atoms with van der Waals surface area (Å²) in [7, 11) is 0. The second-order valence-corrected chi connectivity index (χ2v) is 8.16. The van der Waals surface area contributed by atoms with Gasteiger partial charge in [0.2, 0.25) is 0 Å². The lowest BCUT2D eigenvalue weighted by Gasteiger charge is -2.13. The lowest BCUT2D eigenvalue weighted by atomic mass is 9.93. The zero-order chi connectivity index (χ0) is 19.5. The molecule has 2 nitrogen and oxygen atoms in total. The van der Waals surface area contributed by atoms with E-state index in [4.69, 9.17) is 16.7 Å². The number of benzene rings is 1. The van der Waals surface area contributed by atoms with Gasteiger partial charge in [0.15, 0.2) is 0 Å². The van der Waals surface area contributed by atoms with Crippen molar-refractivity contribution in [1.29, 1.82) is 0 Å². The number of aromatic nitrogens is 2. The van der Waals surface area contributed by atoms with Crippen molar-refractivity contribution >= 4 is 17.7 Å². The van der Waals surface area contributed by atoms with Crippen LogP contribution in [0.3, 0.4) is 0 Å². The molecule has 0 fully saturated rings. The van der Waals surface area contributed by atoms with Crippen LogP contribution in [0.4, 0.5) is 4.39 Å². The molecule has 0 N–H and O–H groups in total. The molecule has 4 heteroatoms. The van der Waals surface area contributed by atoms with Gasteiger partial charge in [-0.2, -0.15) is 5.10 Å². The highest BCUT2D eigenvalue weighted by Gasteiger charge is 2.43. The Labute approximate surface area is 171 Å². The summed E-state index contributed by atoms with van der Waals surface area (Å²) in [5, 5.41) is 5.61. The predicted molar refractivity (Wildman–Crippen MR) is 114 cm³/mol. The molecule has 0 spiro atoms. The molecule has 1 aromatic heterocycles. The number of hydrogen-bond acceptors (Lipinski definition) is 1. The Kier molecular flexibility index (Phi) is 5.82. The fraction of sp³-hybridized carbons (Fsp3) is 0.375. The molecule has 2 aromatic rings. The summed E-state index contributed by atoms with van der Waals surface area (Å²) in [4.78, 5) is 0. The molecule has 2 aliphatic rings. The van der Waals surface area contributed by atoms with Crippen LogP contribution in [-0.2, 0) is 12.8 Å². The van der Waals surface area contributed by atoms with Gasteiger partial charge >= 0.3 is 0 Å². The molecule has 1 aromatic carbocycles. The zero-order valence-corrected chi connectivity index (χ0v) is 16.8. The van der Waals surface area contributed by atoms with E-state index >= 15 is 0 Å². The number of fused-ring (bicyclic) bond motifs is 1. The molecule has 2 heterocycles. The Balaban J connectivity index is 1.21. The third-order valence-electron chi connectivity index (χ3n) is 5.78. The van der Waals surface area contributed by atoms with Gasteiger partial charge in [-0.05, 0) is 62.0 Å². The summed E-state index contributed by atoms with van der Waals surface area (Å²) in [5.41, 5.74) is 5.00. The largest absolute Gasteiger partial charge is 0.257 e. The number of halogens is 2. The van der Waals surface area contributed by atoms with Crippen LogP contribution in [0.25, 0.3) is 6.08 Å². The molecular weight excluding hydrogens is 371 g/mol. The SMILES string of the molecule is C=Cc1c(CCCCCCc2ccc(Cl)cc2)nn2c1C2C1C=CC(F)=CC1. The summed E-state index contributed by atoms with van der Waals surface area (Å²) < 4.78 is 15.3. The standard InChI is InChI=1S/C24H26ClFN2/c1-2-21-22(8-6-4-3-5-7-17-9-13-19(25)14-10-17)27-28-23(24(21)28)18-11-15-20(26)16-12-18/h2,9-11,13-16,18,23H,1,3-8,12H2. The van der Waals surface area contributed by atoms with E-state index in [1.807, 2.05) is 24.3 Å². The maximum absolute atomic E-state index is 13.2. The van der Waals surface area contributed by atoms with Gasteiger partial charge in [0.05, 0.1) is 11.4 Å². The van der Waals surface area contributed by atoms with Gasteiger partial charge in [0.1, 0.15) is 11.9 Å². The number of hydrogen-bond donors (Lipinski definition) is 0. The van der Waals surface area contributed by atoms with E-state index < -0.39 is 0 Å². The van der Waals surface area contributed by atoms with Crippen LogP contribution in [0.1, 0.15) is 60.7 Å². The molecule has 2 atom stereocenters. The molecule has 1 aliphatic carbocycles. The van der Waals surface area contributed by atoms with Crippen LogP contribution in [0.2, 0.25) is 5.02 Å². The van der Waals surface area contributed by atoms with Crippen LogP contribution in [-0.4, -0.2) is 9.78 Å². The third kappa shape index (κ3) is 4.15. The van der Waals surface area contributed by atoms with Gasteiger partial charge < -0.3 is 0 Å². The number of aryl methyl sites for hydroxylation is 2. The van der Waals surface area contributed by atoms with Crippen molar-refractivity contribution in [3.63, 3.8) is 0 Å². The van der Waals surface area contributed by atoms with Gasteiger partial charge in [0, 0.05) is 16.5 Å². The highest BCUT2D eigenvalue weighted by molar-refractivity contribution is 6.30. The van der Waals surface area contributed by atoms with E-state index in [9.17, 15) is 4.39 Å². The van der Waals surface area contributed by atoms with Crippen molar-refractivity contribution in [2.75, 3.05) is 0 Å². The van der Waals surface area contributed by atoms with Gasteiger partial charge in [-0.1, -0.05) is 55.3 Å². The Morgan fingerprint density at radius 1 is 1.14 bits per heavy atom. The molecule has 0 saturated carbocycles. The molecule has 1 aliphatic heterocycles. The lowest BCUT2D eigenvalue weighted by molar-refractivity contribution is 0.525. The maximum atomic E-state index is 13.2. The summed E-state index contributed by atoms with van der Waals surface area (Å²) in [6.07, 6.45) is 14.8. The third-order valence-corrected chi connectivity index (χ3v) is 6.03. The Bertz CT molecular complexity index is 907. The first-order valence-electron chi connectivity index (χ1n) is 10.2. The van der Waals surface area contributed by atoms with Crippen molar-refractivity contribution in [3.05, 3.63) is 82.4 Å². The van der Waals surface area contributed by atoms with E-state index in [1.165, 1.54) is 41.8 Å². The Hall–Kier alpha value is -2.13. The molecule has 146 valence electrons. The fourth-order valence-corrected chi connectivity index (χ4v) is 4.32. The minimum absolute atomic E-state index is 0.129. The van der Waals surface area contributed by atoms with E-state index in [0.29, 0.717) is 12.0 Å². The smallest absolute Gasteiger partial charge is 0.118 e. The Morgan fingerprint density at radius 3 is 2.57 bits per heavy atom. The average Bonchev–Trinajstić information content (AvgIpc) is 3.28. The van der Waals surface area contributed by atoms with Crippen LogP contribution in [0, 0.1) is 5.92 Å². The summed E-state index contributed by atoms with van der Waals surface area (Å²) >= 11 is 5.93. The first kappa shape index (κ1) is 19.2. The number of rotatable bonds is 9. The molecular formula is C24H26ClFN2. The highest BCUT2D eigenvalue weighted by Crippen LogP contribution is 2.47. The van der Waals surface area contributed by atoms with Crippen molar-refractivity contribution in [2.45, 2.75) is 51.0 Å². The van der Waals surface area contributed by atoms with Gasteiger partial charge in [-0.3, -0.25) is 4.68 Å². The predicted octanol–water partition coefficient (Wildman–Crippen LogP) is 6.86. The molecule has 4 rings (SSSR count). The van der Waals surface area contributed by atoms with Crippen LogP contribution >= 0.6 is 11.6 Å². The van der Waals surface area contributed by atoms with Crippen molar-refractivity contribution < 1.29 is 4.39 Å². The quantitative estimate of drug-likeness (QED) is 0.423. The fourth-order valence-electron chi connectivity index (χ4n) is 4.19. The van der Waals surface area contributed by atoms with Crippen molar-refractivity contribution in [1.82, 2.24) is 9.78 Å². The molecule has 0 saturated heterocycles. The van der Waals surface area contributed by atoms with E-state index in [0.717, 1.165) is 30.7 Å². The van der Waals surface area contributed by atoms with Gasteiger partial charge in [0.25, 0.3) is 0 Å². The number of unbranched alkanes of at least 4 members (excludes halogenated alkanes) is 3. The normalized spacial score (nSPS) is 20.0. The van der Waals surface area contributed by atoms with Gasteiger partial charge in [-0.15, -0.1) is 0 Å². The van der Waals surface area contributed by atoms with Crippen LogP contribution in [0.5, 0.6) is 0 Å². The first-order chi connectivity index (χ1) is 13.7. The summed E-state index contributed by atoms with van der Waals surface area (Å²) in [6.45, 7) is 3.99. The molecule has 2 unspecified atom stereocenters. The average molecular weight is 397 g/mol.